The molecule has 116 valence electrons. The Morgan fingerprint density at radius 1 is 1.33 bits per heavy atom. The van der Waals surface area contributed by atoms with Crippen molar-refractivity contribution in [2.75, 3.05) is 12.0 Å². The molecule has 0 unspecified atom stereocenters. The molecule has 0 atom stereocenters. The predicted octanol–water partition coefficient (Wildman–Crippen LogP) is 1.84. The van der Waals surface area contributed by atoms with E-state index in [-0.39, 0.29) is 10.7 Å². The van der Waals surface area contributed by atoms with Gasteiger partial charge in [-0.15, -0.1) is 0 Å². The van der Waals surface area contributed by atoms with Gasteiger partial charge in [-0.05, 0) is 65.4 Å². The molecule has 1 aromatic rings. The first-order chi connectivity index (χ1) is 10.0. The number of aromatic nitrogens is 1. The standard InChI is InChI=1S/C13H19BrN4O2S/c14-10-5-12(13(18-15)16-6-10)21(19,20)17-7-11(8-1-2-8)9-3-4-9/h5-6,8-9,11,17H,1-4,7,15H2,(H,16,18). The van der Waals surface area contributed by atoms with E-state index in [2.05, 4.69) is 31.1 Å². The third-order valence-corrected chi connectivity index (χ3v) is 6.08. The first kappa shape index (κ1) is 15.2. The van der Waals surface area contributed by atoms with Crippen molar-refractivity contribution >= 4 is 31.8 Å². The van der Waals surface area contributed by atoms with Gasteiger partial charge in [0.1, 0.15) is 4.90 Å². The molecule has 0 aromatic carbocycles. The van der Waals surface area contributed by atoms with E-state index < -0.39 is 10.0 Å². The molecule has 21 heavy (non-hydrogen) atoms. The number of nitrogen functional groups attached to an aromatic ring is 1. The lowest BCUT2D eigenvalue weighted by Crippen LogP contribution is -2.32. The second-order valence-electron chi connectivity index (χ2n) is 5.84. The highest BCUT2D eigenvalue weighted by atomic mass is 79.9. The maximum Gasteiger partial charge on any atom is 0.244 e. The molecule has 1 aromatic heterocycles. The van der Waals surface area contributed by atoms with Gasteiger partial charge in [-0.3, -0.25) is 0 Å². The van der Waals surface area contributed by atoms with Crippen LogP contribution in [-0.4, -0.2) is 19.9 Å². The molecule has 2 saturated carbocycles. The summed E-state index contributed by atoms with van der Waals surface area (Å²) < 4.78 is 28.3. The Kier molecular flexibility index (Phi) is 4.22. The number of hydrogen-bond acceptors (Lipinski definition) is 5. The lowest BCUT2D eigenvalue weighted by atomic mass is 9.99. The van der Waals surface area contributed by atoms with Gasteiger partial charge in [0, 0.05) is 17.2 Å². The van der Waals surface area contributed by atoms with Crippen molar-refractivity contribution < 1.29 is 8.42 Å². The number of nitrogens with one attached hydrogen (secondary N) is 2. The summed E-state index contributed by atoms with van der Waals surface area (Å²) in [6.07, 6.45) is 6.44. The molecule has 0 amide bonds. The van der Waals surface area contributed by atoms with Crippen molar-refractivity contribution in [3.63, 3.8) is 0 Å². The molecule has 0 bridgehead atoms. The molecular weight excluding hydrogens is 356 g/mol. The van der Waals surface area contributed by atoms with Crippen LogP contribution in [0.2, 0.25) is 0 Å². The number of nitrogens with zero attached hydrogens (tertiary/aromatic N) is 1. The zero-order chi connectivity index (χ0) is 15.0. The van der Waals surface area contributed by atoms with Crippen molar-refractivity contribution in [2.24, 2.45) is 23.6 Å². The first-order valence-electron chi connectivity index (χ1n) is 7.13. The molecular formula is C13H19BrN4O2S. The summed E-state index contributed by atoms with van der Waals surface area (Å²) in [6, 6.07) is 1.51. The van der Waals surface area contributed by atoms with Gasteiger partial charge in [0.05, 0.1) is 0 Å². The number of anilines is 1. The van der Waals surface area contributed by atoms with Crippen molar-refractivity contribution in [1.29, 1.82) is 0 Å². The summed E-state index contributed by atoms with van der Waals surface area (Å²) in [7, 11) is -3.62. The van der Waals surface area contributed by atoms with Crippen LogP contribution in [0.25, 0.3) is 0 Å². The zero-order valence-electron chi connectivity index (χ0n) is 11.5. The van der Waals surface area contributed by atoms with Gasteiger partial charge in [0.15, 0.2) is 5.82 Å². The highest BCUT2D eigenvalue weighted by molar-refractivity contribution is 9.10. The van der Waals surface area contributed by atoms with Crippen LogP contribution < -0.4 is 16.0 Å². The number of rotatable bonds is 7. The Bertz CT molecular complexity index is 617. The normalized spacial score (nSPS) is 19.0. The monoisotopic (exact) mass is 374 g/mol. The summed E-state index contributed by atoms with van der Waals surface area (Å²) in [5.74, 6) is 7.39. The quantitative estimate of drug-likeness (QED) is 0.499. The number of hydrazine groups is 1. The topological polar surface area (TPSA) is 97.1 Å². The molecule has 4 N–H and O–H groups in total. The number of sulfonamides is 1. The lowest BCUT2D eigenvalue weighted by Gasteiger charge is -2.17. The predicted molar refractivity (Wildman–Crippen MR) is 83.9 cm³/mol. The minimum atomic E-state index is -3.62. The summed E-state index contributed by atoms with van der Waals surface area (Å²) in [5.41, 5.74) is 2.34. The van der Waals surface area contributed by atoms with Gasteiger partial charge in [0.25, 0.3) is 0 Å². The van der Waals surface area contributed by atoms with E-state index in [1.165, 1.54) is 37.9 Å². The van der Waals surface area contributed by atoms with E-state index in [4.69, 9.17) is 5.84 Å². The number of pyridine rings is 1. The minimum absolute atomic E-state index is 0.0738. The molecule has 2 aliphatic rings. The second-order valence-corrected chi connectivity index (χ2v) is 8.49. The minimum Gasteiger partial charge on any atom is -0.307 e. The average molecular weight is 375 g/mol. The van der Waals surface area contributed by atoms with Crippen molar-refractivity contribution in [3.8, 4) is 0 Å². The van der Waals surface area contributed by atoms with E-state index in [1.807, 2.05) is 0 Å². The van der Waals surface area contributed by atoms with E-state index in [1.54, 1.807) is 0 Å². The van der Waals surface area contributed by atoms with Gasteiger partial charge in [-0.25, -0.2) is 24.0 Å². The van der Waals surface area contributed by atoms with Crippen LogP contribution in [0, 0.1) is 17.8 Å². The molecule has 0 spiro atoms. The first-order valence-corrected chi connectivity index (χ1v) is 9.40. The van der Waals surface area contributed by atoms with Gasteiger partial charge >= 0.3 is 0 Å². The van der Waals surface area contributed by atoms with Crippen LogP contribution >= 0.6 is 15.9 Å². The van der Waals surface area contributed by atoms with Crippen molar-refractivity contribution in [2.45, 2.75) is 30.6 Å². The zero-order valence-corrected chi connectivity index (χ0v) is 14.0. The van der Waals surface area contributed by atoms with E-state index in [0.717, 1.165) is 0 Å². The molecule has 1 heterocycles. The number of halogens is 1. The van der Waals surface area contributed by atoms with Crippen LogP contribution in [0.5, 0.6) is 0 Å². The van der Waals surface area contributed by atoms with E-state index in [9.17, 15) is 8.42 Å². The molecule has 3 rings (SSSR count). The SMILES string of the molecule is NNc1ncc(Br)cc1S(=O)(=O)NCC(C1CC1)C1CC1. The van der Waals surface area contributed by atoms with E-state index >= 15 is 0 Å². The lowest BCUT2D eigenvalue weighted by molar-refractivity contribution is 0.401. The molecule has 6 nitrogen and oxygen atoms in total. The van der Waals surface area contributed by atoms with Gasteiger partial charge in [-0.1, -0.05) is 0 Å². The van der Waals surface area contributed by atoms with E-state index in [0.29, 0.717) is 28.8 Å². The Morgan fingerprint density at radius 2 is 1.95 bits per heavy atom. The fraction of sp³-hybridized carbons (Fsp3) is 0.615. The largest absolute Gasteiger partial charge is 0.307 e. The molecule has 2 aliphatic carbocycles. The fourth-order valence-corrected chi connectivity index (χ4v) is 4.48. The fourth-order valence-electron chi connectivity index (χ4n) is 2.78. The van der Waals surface area contributed by atoms with Crippen LogP contribution in [0.3, 0.4) is 0 Å². The Morgan fingerprint density at radius 3 is 2.48 bits per heavy atom. The maximum atomic E-state index is 12.5. The summed E-state index contributed by atoms with van der Waals surface area (Å²) >= 11 is 3.24. The average Bonchev–Trinajstić information content (AvgIpc) is 3.32. The third-order valence-electron chi connectivity index (χ3n) is 4.21. The molecule has 0 saturated heterocycles. The van der Waals surface area contributed by atoms with Gasteiger partial charge in [-0.2, -0.15) is 0 Å². The number of nitrogens with two attached hydrogens (primary N) is 1. The summed E-state index contributed by atoms with van der Waals surface area (Å²) in [6.45, 7) is 0.508. The maximum absolute atomic E-state index is 12.5. The highest BCUT2D eigenvalue weighted by Gasteiger charge is 2.41. The smallest absolute Gasteiger partial charge is 0.244 e. The Labute approximate surface area is 133 Å². The van der Waals surface area contributed by atoms with Crippen LogP contribution in [-0.2, 0) is 10.0 Å². The summed E-state index contributed by atoms with van der Waals surface area (Å²) in [4.78, 5) is 4.06. The second kappa shape index (κ2) is 5.83. The number of hydrogen-bond donors (Lipinski definition) is 3. The van der Waals surface area contributed by atoms with Gasteiger partial charge in [0.2, 0.25) is 10.0 Å². The van der Waals surface area contributed by atoms with Crippen LogP contribution in [0.15, 0.2) is 21.6 Å². The Balaban J connectivity index is 1.75. The Hall–Kier alpha value is -0.700. The molecule has 8 heteroatoms. The molecule has 0 aliphatic heterocycles. The third kappa shape index (κ3) is 3.56. The van der Waals surface area contributed by atoms with Crippen LogP contribution in [0.4, 0.5) is 5.82 Å². The summed E-state index contributed by atoms with van der Waals surface area (Å²) in [5, 5.41) is 0. The van der Waals surface area contributed by atoms with Crippen LogP contribution in [0.1, 0.15) is 25.7 Å². The molecule has 2 fully saturated rings. The molecule has 0 radical (unpaired) electrons. The van der Waals surface area contributed by atoms with Crippen molar-refractivity contribution in [3.05, 3.63) is 16.7 Å². The van der Waals surface area contributed by atoms with Crippen molar-refractivity contribution in [1.82, 2.24) is 9.71 Å². The van der Waals surface area contributed by atoms with Gasteiger partial charge < -0.3 is 5.43 Å². The highest BCUT2D eigenvalue weighted by Crippen LogP contribution is 2.48.